The summed E-state index contributed by atoms with van der Waals surface area (Å²) in [6.07, 6.45) is 2.81. The number of aliphatic hydroxyl groups is 1. The van der Waals surface area contributed by atoms with E-state index < -0.39 is 0 Å². The topological polar surface area (TPSA) is 65.5 Å². The summed E-state index contributed by atoms with van der Waals surface area (Å²) in [7, 11) is 0. The Morgan fingerprint density at radius 2 is 2.00 bits per heavy atom. The van der Waals surface area contributed by atoms with Gasteiger partial charge < -0.3 is 15.3 Å². The Labute approximate surface area is 165 Å². The minimum absolute atomic E-state index is 0.0605. The molecule has 1 atom stereocenters. The van der Waals surface area contributed by atoms with Crippen molar-refractivity contribution in [2.24, 2.45) is 0 Å². The van der Waals surface area contributed by atoms with Crippen LogP contribution in [-0.2, 0) is 6.42 Å². The molecule has 1 aromatic heterocycles. The first kappa shape index (κ1) is 18.4. The lowest BCUT2D eigenvalue weighted by Gasteiger charge is -2.25. The average Bonchev–Trinajstić information content (AvgIpc) is 3.22. The quantitative estimate of drug-likeness (QED) is 0.707. The molecule has 1 aliphatic heterocycles. The maximum Gasteiger partial charge on any atom is 0.256 e. The van der Waals surface area contributed by atoms with Crippen LogP contribution in [0, 0.1) is 0 Å². The standard InChI is InChI=1S/C23H25N3O2/c1-2-16-8-3-5-11-20(16)25-23(28)19-14-22(26-13-7-9-17(26)15-27)24-21-12-6-4-10-18(19)21/h3-6,8,10-12,14,17,27H,2,7,9,13,15H2,1H3,(H,25,28)/t17-/m0/s1. The van der Waals surface area contributed by atoms with E-state index in [0.29, 0.717) is 5.56 Å². The SMILES string of the molecule is CCc1ccccc1NC(=O)c1cc(N2CCC[C@H]2CO)nc2ccccc12. The molecule has 144 valence electrons. The van der Waals surface area contributed by atoms with E-state index in [-0.39, 0.29) is 18.6 Å². The molecule has 1 aliphatic rings. The molecule has 3 aromatic rings. The lowest BCUT2D eigenvalue weighted by Crippen LogP contribution is -2.33. The zero-order valence-electron chi connectivity index (χ0n) is 16.1. The molecule has 0 saturated carbocycles. The number of carbonyl (C=O) groups excluding carboxylic acids is 1. The van der Waals surface area contributed by atoms with Crippen LogP contribution in [-0.4, -0.2) is 35.2 Å². The van der Waals surface area contributed by atoms with Crippen molar-refractivity contribution < 1.29 is 9.90 Å². The summed E-state index contributed by atoms with van der Waals surface area (Å²) in [5.41, 5.74) is 3.34. The predicted octanol–water partition coefficient (Wildman–Crippen LogP) is 4.01. The van der Waals surface area contributed by atoms with Crippen molar-refractivity contribution in [2.45, 2.75) is 32.2 Å². The van der Waals surface area contributed by atoms with Gasteiger partial charge in [-0.3, -0.25) is 4.79 Å². The third-order valence-corrected chi connectivity index (χ3v) is 5.48. The molecule has 1 fully saturated rings. The van der Waals surface area contributed by atoms with Crippen LogP contribution in [0.3, 0.4) is 0 Å². The van der Waals surface area contributed by atoms with Gasteiger partial charge in [0.25, 0.3) is 5.91 Å². The van der Waals surface area contributed by atoms with Gasteiger partial charge in [-0.15, -0.1) is 0 Å². The fourth-order valence-electron chi connectivity index (χ4n) is 3.96. The van der Waals surface area contributed by atoms with Crippen molar-refractivity contribution in [3.8, 4) is 0 Å². The van der Waals surface area contributed by atoms with Gasteiger partial charge in [-0.2, -0.15) is 0 Å². The first-order valence-electron chi connectivity index (χ1n) is 9.87. The second-order valence-corrected chi connectivity index (χ2v) is 7.18. The molecule has 2 N–H and O–H groups in total. The minimum atomic E-state index is -0.138. The number of aliphatic hydroxyl groups excluding tert-OH is 1. The van der Waals surface area contributed by atoms with E-state index in [4.69, 9.17) is 4.98 Å². The highest BCUT2D eigenvalue weighted by Crippen LogP contribution is 2.29. The molecule has 0 bridgehead atoms. The number of nitrogens with one attached hydrogen (secondary N) is 1. The van der Waals surface area contributed by atoms with Gasteiger partial charge in [0, 0.05) is 17.6 Å². The minimum Gasteiger partial charge on any atom is -0.394 e. The van der Waals surface area contributed by atoms with Crippen molar-refractivity contribution in [1.29, 1.82) is 0 Å². The highest BCUT2D eigenvalue weighted by atomic mass is 16.3. The number of amides is 1. The van der Waals surface area contributed by atoms with Crippen molar-refractivity contribution >= 4 is 28.3 Å². The second-order valence-electron chi connectivity index (χ2n) is 7.18. The van der Waals surface area contributed by atoms with Crippen molar-refractivity contribution in [2.75, 3.05) is 23.4 Å². The van der Waals surface area contributed by atoms with Gasteiger partial charge in [0.2, 0.25) is 0 Å². The van der Waals surface area contributed by atoms with Crippen molar-refractivity contribution in [1.82, 2.24) is 4.98 Å². The Balaban J connectivity index is 1.75. The fourth-order valence-corrected chi connectivity index (χ4v) is 3.96. The van der Waals surface area contributed by atoms with Gasteiger partial charge in [-0.25, -0.2) is 4.98 Å². The van der Waals surface area contributed by atoms with E-state index in [2.05, 4.69) is 17.1 Å². The van der Waals surface area contributed by atoms with Crippen LogP contribution in [0.4, 0.5) is 11.5 Å². The Hall–Kier alpha value is -2.92. The van der Waals surface area contributed by atoms with Gasteiger partial charge in [0.15, 0.2) is 0 Å². The summed E-state index contributed by atoms with van der Waals surface area (Å²) in [5.74, 6) is 0.615. The molecule has 0 spiro atoms. The summed E-state index contributed by atoms with van der Waals surface area (Å²) in [5, 5.41) is 13.6. The number of carbonyl (C=O) groups is 1. The van der Waals surface area contributed by atoms with Crippen LogP contribution < -0.4 is 10.2 Å². The monoisotopic (exact) mass is 375 g/mol. The molecule has 5 heteroatoms. The molecular weight excluding hydrogens is 350 g/mol. The number of nitrogens with zero attached hydrogens (tertiary/aromatic N) is 2. The highest BCUT2D eigenvalue weighted by molar-refractivity contribution is 6.13. The number of hydrogen-bond acceptors (Lipinski definition) is 4. The summed E-state index contributed by atoms with van der Waals surface area (Å²) in [6, 6.07) is 17.5. The number of fused-ring (bicyclic) bond motifs is 1. The molecule has 0 radical (unpaired) electrons. The van der Waals surface area contributed by atoms with Crippen LogP contribution >= 0.6 is 0 Å². The Morgan fingerprint density at radius 3 is 2.82 bits per heavy atom. The normalized spacial score (nSPS) is 16.5. The molecule has 28 heavy (non-hydrogen) atoms. The smallest absolute Gasteiger partial charge is 0.256 e. The van der Waals surface area contributed by atoms with E-state index in [1.165, 1.54) is 0 Å². The lowest BCUT2D eigenvalue weighted by atomic mass is 10.1. The van der Waals surface area contributed by atoms with Crippen LogP contribution in [0.25, 0.3) is 10.9 Å². The van der Waals surface area contributed by atoms with E-state index in [1.54, 1.807) is 0 Å². The number of para-hydroxylation sites is 2. The predicted molar refractivity (Wildman–Crippen MR) is 113 cm³/mol. The molecule has 0 unspecified atom stereocenters. The maximum atomic E-state index is 13.2. The largest absolute Gasteiger partial charge is 0.394 e. The Kier molecular flexibility index (Phi) is 5.26. The van der Waals surface area contributed by atoms with Gasteiger partial charge >= 0.3 is 0 Å². The summed E-state index contributed by atoms with van der Waals surface area (Å²) in [6.45, 7) is 3.02. The van der Waals surface area contributed by atoms with Gasteiger partial charge in [0.1, 0.15) is 5.82 Å². The van der Waals surface area contributed by atoms with E-state index in [0.717, 1.165) is 53.8 Å². The number of rotatable bonds is 5. The molecule has 4 rings (SSSR count). The van der Waals surface area contributed by atoms with Gasteiger partial charge in [0.05, 0.1) is 23.7 Å². The Morgan fingerprint density at radius 1 is 1.21 bits per heavy atom. The second kappa shape index (κ2) is 7.98. The summed E-state index contributed by atoms with van der Waals surface area (Å²) >= 11 is 0. The number of hydrogen-bond donors (Lipinski definition) is 2. The maximum absolute atomic E-state index is 13.2. The molecule has 0 aliphatic carbocycles. The van der Waals surface area contributed by atoms with Crippen LogP contribution in [0.1, 0.15) is 35.7 Å². The molecule has 2 aromatic carbocycles. The first-order chi connectivity index (χ1) is 13.7. The third kappa shape index (κ3) is 3.45. The van der Waals surface area contributed by atoms with Gasteiger partial charge in [-0.05, 0) is 43.0 Å². The van der Waals surface area contributed by atoms with E-state index in [9.17, 15) is 9.90 Å². The molecule has 5 nitrogen and oxygen atoms in total. The van der Waals surface area contributed by atoms with Crippen molar-refractivity contribution in [3.63, 3.8) is 0 Å². The number of aromatic nitrogens is 1. The zero-order chi connectivity index (χ0) is 19.5. The number of aryl methyl sites for hydroxylation is 1. The number of pyridine rings is 1. The van der Waals surface area contributed by atoms with Crippen LogP contribution in [0.15, 0.2) is 54.6 Å². The summed E-state index contributed by atoms with van der Waals surface area (Å²) in [4.78, 5) is 20.1. The fraction of sp³-hybridized carbons (Fsp3) is 0.304. The molecular formula is C23H25N3O2. The lowest BCUT2D eigenvalue weighted by molar-refractivity contribution is 0.102. The average molecular weight is 375 g/mol. The van der Waals surface area contributed by atoms with Crippen LogP contribution in [0.5, 0.6) is 0 Å². The highest BCUT2D eigenvalue weighted by Gasteiger charge is 2.26. The molecule has 1 saturated heterocycles. The van der Waals surface area contributed by atoms with Gasteiger partial charge in [-0.1, -0.05) is 43.3 Å². The zero-order valence-corrected chi connectivity index (χ0v) is 16.1. The third-order valence-electron chi connectivity index (χ3n) is 5.48. The number of anilines is 2. The van der Waals surface area contributed by atoms with Crippen LogP contribution in [0.2, 0.25) is 0 Å². The summed E-state index contributed by atoms with van der Waals surface area (Å²) < 4.78 is 0. The Bertz CT molecular complexity index is 1000. The molecule has 1 amide bonds. The molecule has 2 heterocycles. The van der Waals surface area contributed by atoms with E-state index >= 15 is 0 Å². The number of benzene rings is 2. The van der Waals surface area contributed by atoms with E-state index in [1.807, 2.05) is 54.6 Å². The van der Waals surface area contributed by atoms with Crippen molar-refractivity contribution in [3.05, 3.63) is 65.7 Å². The first-order valence-corrected chi connectivity index (χ1v) is 9.87.